The molecule has 0 spiro atoms. The van der Waals surface area contributed by atoms with Gasteiger partial charge in [-0.3, -0.25) is 4.90 Å². The molecule has 0 saturated carbocycles. The molecular weight excluding hydrogens is 332 g/mol. The number of ether oxygens (including phenoxy) is 1. The van der Waals surface area contributed by atoms with Crippen LogP contribution in [0.1, 0.15) is 20.8 Å². The normalized spacial score (nSPS) is 25.8. The second-order valence-corrected chi connectivity index (χ2v) is 7.27. The zero-order valence-corrected chi connectivity index (χ0v) is 16.0. The number of carbonyl (C=O) groups is 1. The van der Waals surface area contributed by atoms with Crippen molar-refractivity contribution in [3.05, 3.63) is 18.5 Å². The molecule has 26 heavy (non-hydrogen) atoms. The summed E-state index contributed by atoms with van der Waals surface area (Å²) < 4.78 is 5.78. The molecule has 3 heterocycles. The number of piperazine rings is 1. The third-order valence-electron chi connectivity index (χ3n) is 5.02. The van der Waals surface area contributed by atoms with Crippen LogP contribution in [0.25, 0.3) is 0 Å². The van der Waals surface area contributed by atoms with Crippen LogP contribution >= 0.6 is 0 Å². The zero-order valence-electron chi connectivity index (χ0n) is 16.0. The number of carbonyl (C=O) groups excluding carboxylic acids is 1. The Labute approximate surface area is 155 Å². The Hall–Kier alpha value is -1.93. The van der Waals surface area contributed by atoms with Crippen molar-refractivity contribution < 1.29 is 9.53 Å². The summed E-state index contributed by atoms with van der Waals surface area (Å²) >= 11 is 0. The van der Waals surface area contributed by atoms with E-state index in [4.69, 9.17) is 4.74 Å². The average Bonchev–Trinajstić information content (AvgIpc) is 2.66. The smallest absolute Gasteiger partial charge is 0.317 e. The molecular formula is C18H30N6O2. The van der Waals surface area contributed by atoms with E-state index in [1.807, 2.05) is 11.0 Å². The van der Waals surface area contributed by atoms with Crippen LogP contribution in [0.2, 0.25) is 0 Å². The van der Waals surface area contributed by atoms with Crippen LogP contribution in [-0.4, -0.2) is 89.9 Å². The van der Waals surface area contributed by atoms with E-state index in [2.05, 4.69) is 45.9 Å². The fourth-order valence-corrected chi connectivity index (χ4v) is 3.62. The molecule has 2 amide bonds. The van der Waals surface area contributed by atoms with Crippen molar-refractivity contribution in [3.8, 4) is 0 Å². The Kier molecular flexibility index (Phi) is 6.26. The molecule has 2 aliphatic rings. The Balaban J connectivity index is 1.41. The summed E-state index contributed by atoms with van der Waals surface area (Å²) in [6.45, 7) is 11.7. The molecule has 3 rings (SSSR count). The first-order valence-corrected chi connectivity index (χ1v) is 9.47. The van der Waals surface area contributed by atoms with Crippen molar-refractivity contribution >= 4 is 12.0 Å². The van der Waals surface area contributed by atoms with Crippen LogP contribution < -0.4 is 10.2 Å². The molecule has 1 aromatic rings. The second-order valence-electron chi connectivity index (χ2n) is 7.27. The lowest BCUT2D eigenvalue weighted by Gasteiger charge is -2.39. The van der Waals surface area contributed by atoms with Gasteiger partial charge in [0.1, 0.15) is 0 Å². The van der Waals surface area contributed by atoms with Gasteiger partial charge in [0, 0.05) is 64.2 Å². The van der Waals surface area contributed by atoms with Gasteiger partial charge in [-0.1, -0.05) is 0 Å². The number of aromatic nitrogens is 2. The number of nitrogens with zero attached hydrogens (tertiary/aromatic N) is 5. The highest BCUT2D eigenvalue weighted by Gasteiger charge is 2.27. The molecule has 144 valence electrons. The van der Waals surface area contributed by atoms with E-state index in [-0.39, 0.29) is 18.2 Å². The maximum atomic E-state index is 12.5. The van der Waals surface area contributed by atoms with Gasteiger partial charge < -0.3 is 19.9 Å². The van der Waals surface area contributed by atoms with Gasteiger partial charge >= 0.3 is 6.03 Å². The van der Waals surface area contributed by atoms with E-state index in [0.29, 0.717) is 25.7 Å². The molecule has 0 radical (unpaired) electrons. The molecule has 2 saturated heterocycles. The molecule has 0 unspecified atom stereocenters. The van der Waals surface area contributed by atoms with Crippen LogP contribution in [0.3, 0.4) is 0 Å². The molecule has 3 atom stereocenters. The number of rotatable bonds is 4. The second kappa shape index (κ2) is 8.64. The van der Waals surface area contributed by atoms with Gasteiger partial charge in [0.25, 0.3) is 0 Å². The van der Waals surface area contributed by atoms with Gasteiger partial charge in [-0.15, -0.1) is 0 Å². The van der Waals surface area contributed by atoms with E-state index in [0.717, 1.165) is 32.1 Å². The van der Waals surface area contributed by atoms with Gasteiger partial charge in [-0.2, -0.15) is 0 Å². The SMILES string of the molecule is C[C@@H]1CN([C@@H](C)CNC(=O)N2CCN(c3ncccn3)CC2)C[C@H](C)O1. The third-order valence-corrected chi connectivity index (χ3v) is 5.02. The van der Waals surface area contributed by atoms with Gasteiger partial charge in [-0.25, -0.2) is 14.8 Å². The van der Waals surface area contributed by atoms with Crippen molar-refractivity contribution in [2.75, 3.05) is 50.7 Å². The Bertz CT molecular complexity index is 568. The molecule has 0 aromatic carbocycles. The average molecular weight is 362 g/mol. The molecule has 2 fully saturated rings. The monoisotopic (exact) mass is 362 g/mol. The van der Waals surface area contributed by atoms with Gasteiger partial charge in [-0.05, 0) is 26.8 Å². The molecule has 8 nitrogen and oxygen atoms in total. The summed E-state index contributed by atoms with van der Waals surface area (Å²) in [5.41, 5.74) is 0. The van der Waals surface area contributed by atoms with Gasteiger partial charge in [0.2, 0.25) is 5.95 Å². The van der Waals surface area contributed by atoms with E-state index < -0.39 is 0 Å². The van der Waals surface area contributed by atoms with Crippen LogP contribution in [0.4, 0.5) is 10.7 Å². The van der Waals surface area contributed by atoms with E-state index in [1.54, 1.807) is 12.4 Å². The molecule has 1 aromatic heterocycles. The standard InChI is InChI=1S/C18H30N6O2/c1-14(24-12-15(2)26-16(3)13-24)11-21-18(25)23-9-7-22(8-10-23)17-19-5-4-6-20-17/h4-6,14-16H,7-13H2,1-3H3,(H,21,25)/t14-,15-,16+/m0/s1. The van der Waals surface area contributed by atoms with Crippen molar-refractivity contribution in [2.24, 2.45) is 0 Å². The van der Waals surface area contributed by atoms with Crippen LogP contribution in [0.15, 0.2) is 18.5 Å². The molecule has 2 aliphatic heterocycles. The molecule has 8 heteroatoms. The van der Waals surface area contributed by atoms with Crippen LogP contribution in [-0.2, 0) is 4.74 Å². The lowest BCUT2D eigenvalue weighted by Crippen LogP contribution is -2.55. The van der Waals surface area contributed by atoms with Crippen molar-refractivity contribution in [3.63, 3.8) is 0 Å². The largest absolute Gasteiger partial charge is 0.373 e. The third kappa shape index (κ3) is 4.82. The first kappa shape index (κ1) is 18.8. The number of urea groups is 1. The fraction of sp³-hybridized carbons (Fsp3) is 0.722. The maximum Gasteiger partial charge on any atom is 0.317 e. The number of hydrogen-bond donors (Lipinski definition) is 1. The predicted molar refractivity (Wildman–Crippen MR) is 100 cm³/mol. The summed E-state index contributed by atoms with van der Waals surface area (Å²) in [4.78, 5) is 27.4. The number of nitrogens with one attached hydrogen (secondary N) is 1. The highest BCUT2D eigenvalue weighted by atomic mass is 16.5. The zero-order chi connectivity index (χ0) is 18.5. The number of morpholine rings is 1. The lowest BCUT2D eigenvalue weighted by atomic mass is 10.2. The Morgan fingerprint density at radius 2 is 1.81 bits per heavy atom. The first-order valence-electron chi connectivity index (χ1n) is 9.47. The van der Waals surface area contributed by atoms with E-state index in [1.165, 1.54) is 0 Å². The molecule has 1 N–H and O–H groups in total. The summed E-state index contributed by atoms with van der Waals surface area (Å²) in [6.07, 6.45) is 3.97. The fourth-order valence-electron chi connectivity index (χ4n) is 3.62. The summed E-state index contributed by atoms with van der Waals surface area (Å²) in [5, 5.41) is 3.09. The lowest BCUT2D eigenvalue weighted by molar-refractivity contribution is -0.0778. The molecule has 0 bridgehead atoms. The van der Waals surface area contributed by atoms with Crippen LogP contribution in [0, 0.1) is 0 Å². The maximum absolute atomic E-state index is 12.5. The summed E-state index contributed by atoms with van der Waals surface area (Å²) in [7, 11) is 0. The van der Waals surface area contributed by atoms with E-state index in [9.17, 15) is 4.79 Å². The highest BCUT2D eigenvalue weighted by molar-refractivity contribution is 5.74. The van der Waals surface area contributed by atoms with Crippen molar-refractivity contribution in [2.45, 2.75) is 39.0 Å². The Morgan fingerprint density at radius 3 is 2.42 bits per heavy atom. The Morgan fingerprint density at radius 1 is 1.19 bits per heavy atom. The topological polar surface area (TPSA) is 73.8 Å². The minimum absolute atomic E-state index is 0.0137. The van der Waals surface area contributed by atoms with Crippen molar-refractivity contribution in [1.29, 1.82) is 0 Å². The van der Waals surface area contributed by atoms with Gasteiger partial charge in [0.15, 0.2) is 0 Å². The summed E-state index contributed by atoms with van der Waals surface area (Å²) in [6, 6.07) is 2.12. The first-order chi connectivity index (χ1) is 12.5. The highest BCUT2D eigenvalue weighted by Crippen LogP contribution is 2.13. The van der Waals surface area contributed by atoms with E-state index >= 15 is 0 Å². The number of anilines is 1. The van der Waals surface area contributed by atoms with Crippen LogP contribution in [0.5, 0.6) is 0 Å². The minimum atomic E-state index is 0.0137. The number of hydrogen-bond acceptors (Lipinski definition) is 6. The summed E-state index contributed by atoms with van der Waals surface area (Å²) in [5.74, 6) is 0.733. The number of amides is 2. The van der Waals surface area contributed by atoms with Gasteiger partial charge in [0.05, 0.1) is 12.2 Å². The molecule has 0 aliphatic carbocycles. The predicted octanol–water partition coefficient (Wildman–Crippen LogP) is 0.806. The minimum Gasteiger partial charge on any atom is -0.373 e. The quantitative estimate of drug-likeness (QED) is 0.854. The van der Waals surface area contributed by atoms with Crippen molar-refractivity contribution in [1.82, 2.24) is 25.1 Å².